The van der Waals surface area contributed by atoms with Gasteiger partial charge in [-0.05, 0) is 135 Å². The molecule has 19 aromatic rings. The second kappa shape index (κ2) is 27.2. The summed E-state index contributed by atoms with van der Waals surface area (Å²) in [7, 11) is 0. The maximum atomic E-state index is 5.44. The molecule has 0 saturated heterocycles. The number of benzene rings is 12. The Labute approximate surface area is 612 Å². The lowest BCUT2D eigenvalue weighted by Crippen LogP contribution is -2.01. The van der Waals surface area contributed by atoms with Gasteiger partial charge in [0, 0.05) is 89.6 Å². The number of hydrogen-bond donors (Lipinski definition) is 0. The molecule has 0 aliphatic carbocycles. The second-order valence-electron chi connectivity index (χ2n) is 26.5. The van der Waals surface area contributed by atoms with Crippen LogP contribution in [-0.4, -0.2) is 44.9 Å². The Morgan fingerprint density at radius 2 is 0.453 bits per heavy atom. The van der Waals surface area contributed by atoms with Crippen LogP contribution >= 0.6 is 0 Å². The Bertz CT molecular complexity index is 6520. The number of nitrogens with zero attached hydrogens (tertiary/aromatic N) is 9. The molecule has 0 spiro atoms. The van der Waals surface area contributed by atoms with Crippen LogP contribution in [0.2, 0.25) is 0 Å². The zero-order valence-electron chi connectivity index (χ0n) is 57.2. The summed E-state index contributed by atoms with van der Waals surface area (Å²) in [5.74, 6) is 1.71. The number of rotatable bonds is 14. The molecule has 0 aliphatic heterocycles. The van der Waals surface area contributed by atoms with Crippen molar-refractivity contribution in [3.05, 3.63) is 370 Å². The predicted molar refractivity (Wildman–Crippen MR) is 433 cm³/mol. The summed E-state index contributed by atoms with van der Waals surface area (Å²) in [6.45, 7) is 0. The molecule has 0 N–H and O–H groups in total. The Balaban J connectivity index is 0.625. The van der Waals surface area contributed by atoms with Crippen molar-refractivity contribution in [2.24, 2.45) is 0 Å². The molecular weight excluding hydrogens is 1290 g/mol. The molecule has 7 aromatic heterocycles. The standard InChI is InChI=1S/C97H61N9/c1-5-18-62(19-6-1)77-55-79(64-31-35-67(36-32-64)85-30-15-16-53-98-85)59-81(57-77)96-104-95(73-24-11-4-12-25-73)105-97(106-96)82-58-78(63-20-7-2-8-21-63)56-80(60-82)65-33-37-68(38-34-65)86-48-47-76(61-99-86)83-28-13-14-29-84(83)90-52-46-72-42-41-71-45-51-89(102-93(71)94(72)103-90)75-27-17-26-74(54-75)88-50-44-70-40-39-69-43-49-87(66-22-9-3-10-23-66)100-91(69)92(70)101-88/h1-61H. The highest BCUT2D eigenvalue weighted by molar-refractivity contribution is 6.06. The lowest BCUT2D eigenvalue weighted by atomic mass is 9.94. The van der Waals surface area contributed by atoms with Crippen molar-refractivity contribution in [3.8, 4) is 157 Å². The maximum Gasteiger partial charge on any atom is 0.164 e. The number of hydrogen-bond acceptors (Lipinski definition) is 9. The van der Waals surface area contributed by atoms with Crippen molar-refractivity contribution < 1.29 is 0 Å². The van der Waals surface area contributed by atoms with Crippen LogP contribution < -0.4 is 0 Å². The van der Waals surface area contributed by atoms with Crippen molar-refractivity contribution in [2.75, 3.05) is 0 Å². The maximum absolute atomic E-state index is 5.44. The molecule has 19 rings (SSSR count). The van der Waals surface area contributed by atoms with Gasteiger partial charge in [-0.3, -0.25) is 9.97 Å². The van der Waals surface area contributed by atoms with Gasteiger partial charge in [-0.1, -0.05) is 273 Å². The fourth-order valence-corrected chi connectivity index (χ4v) is 14.3. The van der Waals surface area contributed by atoms with E-state index in [2.05, 4.69) is 296 Å². The molecule has 0 amide bonds. The van der Waals surface area contributed by atoms with Crippen molar-refractivity contribution in [2.45, 2.75) is 0 Å². The molecule has 0 aliphatic rings. The number of aromatic nitrogens is 9. The van der Waals surface area contributed by atoms with Crippen LogP contribution in [-0.2, 0) is 0 Å². The molecule has 12 aromatic carbocycles. The summed E-state index contributed by atoms with van der Waals surface area (Å²) in [4.78, 5) is 47.0. The van der Waals surface area contributed by atoms with Crippen LogP contribution in [0.1, 0.15) is 0 Å². The summed E-state index contributed by atoms with van der Waals surface area (Å²) in [6, 6.07) is 125. The van der Waals surface area contributed by atoms with Gasteiger partial charge in [-0.25, -0.2) is 34.9 Å². The average Bonchev–Trinajstić information content (AvgIpc) is 0.771. The topological polar surface area (TPSA) is 116 Å². The van der Waals surface area contributed by atoms with Crippen molar-refractivity contribution in [1.82, 2.24) is 44.9 Å². The van der Waals surface area contributed by atoms with E-state index in [1.54, 1.807) is 0 Å². The third-order valence-electron chi connectivity index (χ3n) is 19.8. The minimum Gasteiger partial charge on any atom is -0.256 e. The van der Waals surface area contributed by atoms with Crippen LogP contribution in [0, 0.1) is 0 Å². The van der Waals surface area contributed by atoms with Gasteiger partial charge in [0.2, 0.25) is 0 Å². The number of fused-ring (bicyclic) bond motifs is 6. The molecule has 494 valence electrons. The van der Waals surface area contributed by atoms with E-state index in [0.717, 1.165) is 183 Å². The third kappa shape index (κ3) is 12.4. The monoisotopic (exact) mass is 1350 g/mol. The van der Waals surface area contributed by atoms with Crippen LogP contribution in [0.15, 0.2) is 370 Å². The first kappa shape index (κ1) is 62.6. The van der Waals surface area contributed by atoms with Crippen LogP contribution in [0.25, 0.3) is 201 Å². The molecule has 0 atom stereocenters. The van der Waals surface area contributed by atoms with Gasteiger partial charge >= 0.3 is 0 Å². The lowest BCUT2D eigenvalue weighted by molar-refractivity contribution is 1.07. The Morgan fingerprint density at radius 3 is 0.896 bits per heavy atom. The zero-order chi connectivity index (χ0) is 70.3. The highest BCUT2D eigenvalue weighted by atomic mass is 15.0. The van der Waals surface area contributed by atoms with Gasteiger partial charge in [0.25, 0.3) is 0 Å². The van der Waals surface area contributed by atoms with Crippen LogP contribution in [0.3, 0.4) is 0 Å². The van der Waals surface area contributed by atoms with Gasteiger partial charge in [-0.2, -0.15) is 0 Å². The Morgan fingerprint density at radius 1 is 0.151 bits per heavy atom. The average molecular weight is 1350 g/mol. The normalized spacial score (nSPS) is 11.4. The largest absolute Gasteiger partial charge is 0.256 e. The first-order valence-corrected chi connectivity index (χ1v) is 35.4. The van der Waals surface area contributed by atoms with Gasteiger partial charge in [0.15, 0.2) is 17.5 Å². The Hall–Kier alpha value is -14.4. The van der Waals surface area contributed by atoms with E-state index in [4.69, 9.17) is 39.9 Å². The van der Waals surface area contributed by atoms with Crippen molar-refractivity contribution in [3.63, 3.8) is 0 Å². The zero-order valence-corrected chi connectivity index (χ0v) is 57.2. The molecule has 0 radical (unpaired) electrons. The fraction of sp³-hybridized carbons (Fsp3) is 0. The van der Waals surface area contributed by atoms with E-state index >= 15 is 0 Å². The molecule has 0 bridgehead atoms. The van der Waals surface area contributed by atoms with E-state index in [-0.39, 0.29) is 0 Å². The van der Waals surface area contributed by atoms with Gasteiger partial charge in [-0.15, -0.1) is 0 Å². The van der Waals surface area contributed by atoms with Gasteiger partial charge in [0.05, 0.1) is 56.2 Å². The minimum atomic E-state index is 0.563. The van der Waals surface area contributed by atoms with E-state index in [9.17, 15) is 0 Å². The summed E-state index contributed by atoms with van der Waals surface area (Å²) in [6.07, 6.45) is 3.80. The molecule has 0 unspecified atom stereocenters. The van der Waals surface area contributed by atoms with E-state index < -0.39 is 0 Å². The Kier molecular flexibility index (Phi) is 16.0. The van der Waals surface area contributed by atoms with Gasteiger partial charge < -0.3 is 0 Å². The van der Waals surface area contributed by atoms with Crippen molar-refractivity contribution in [1.29, 1.82) is 0 Å². The van der Waals surface area contributed by atoms with E-state index in [1.165, 1.54) is 0 Å². The molecule has 9 nitrogen and oxygen atoms in total. The molecule has 0 saturated carbocycles. The predicted octanol–water partition coefficient (Wildman–Crippen LogP) is 24.2. The highest BCUT2D eigenvalue weighted by Crippen LogP contribution is 2.40. The molecular formula is C97H61N9. The van der Waals surface area contributed by atoms with Crippen LogP contribution in [0.4, 0.5) is 0 Å². The van der Waals surface area contributed by atoms with Gasteiger partial charge in [0.1, 0.15) is 0 Å². The molecule has 9 heteroatoms. The smallest absolute Gasteiger partial charge is 0.164 e. The SMILES string of the molecule is c1ccc(-c2cc(-c3ccc(-c4ccccn4)cc3)cc(-c3nc(-c4ccccc4)nc(-c4cc(-c5ccccc5)cc(-c5ccc(-c6ccc(-c7ccccc7-c7ccc8ccc9ccc(-c%10cccc(-c%11ccc%12ccc%13ccc(-c%14ccccc%14)nc%13c%12n%11)c%10)nc9c8n7)cn6)cc5)c4)n3)c2)cc1. The summed E-state index contributed by atoms with van der Waals surface area (Å²) < 4.78 is 0. The second-order valence-corrected chi connectivity index (χ2v) is 26.5. The fourth-order valence-electron chi connectivity index (χ4n) is 14.3. The molecule has 106 heavy (non-hydrogen) atoms. The lowest BCUT2D eigenvalue weighted by Gasteiger charge is -2.14. The van der Waals surface area contributed by atoms with Crippen molar-refractivity contribution >= 4 is 43.6 Å². The molecule has 0 fully saturated rings. The number of pyridine rings is 6. The summed E-state index contributed by atoms with van der Waals surface area (Å²) in [5.41, 5.74) is 27.9. The van der Waals surface area contributed by atoms with E-state index in [0.29, 0.717) is 17.5 Å². The summed E-state index contributed by atoms with van der Waals surface area (Å²) >= 11 is 0. The quantitative estimate of drug-likeness (QED) is 0.0981. The first-order valence-electron chi connectivity index (χ1n) is 35.4. The third-order valence-corrected chi connectivity index (χ3v) is 19.8. The first-order chi connectivity index (χ1) is 52.4. The summed E-state index contributed by atoms with van der Waals surface area (Å²) in [5, 5.41) is 4.11. The highest BCUT2D eigenvalue weighted by Gasteiger charge is 2.20. The van der Waals surface area contributed by atoms with Crippen LogP contribution in [0.5, 0.6) is 0 Å². The minimum absolute atomic E-state index is 0.563. The van der Waals surface area contributed by atoms with E-state index in [1.807, 2.05) is 79.1 Å². The molecule has 7 heterocycles.